The van der Waals surface area contributed by atoms with Crippen LogP contribution in [0.5, 0.6) is 0 Å². The van der Waals surface area contributed by atoms with E-state index in [1.807, 2.05) is 28.8 Å². The lowest BCUT2D eigenvalue weighted by atomic mass is 9.89. The number of carbonyl (C=O) groups excluding carboxylic acids is 4. The van der Waals surface area contributed by atoms with E-state index in [2.05, 4.69) is 40.6 Å². The number of nitrogens with zero attached hydrogens (tertiary/aromatic N) is 7. The highest BCUT2D eigenvalue weighted by atomic mass is 32.1. The Morgan fingerprint density at radius 3 is 2.43 bits per heavy atom. The number of anilines is 3. The fraction of sp³-hybridized carbons (Fsp3) is 0.404. The normalized spacial score (nSPS) is 20.4. The van der Waals surface area contributed by atoms with Crippen molar-refractivity contribution in [1.82, 2.24) is 34.6 Å². The number of halogens is 2. The van der Waals surface area contributed by atoms with Crippen LogP contribution in [-0.4, -0.2) is 116 Å². The molecule has 18 heteroatoms. The van der Waals surface area contributed by atoms with Crippen molar-refractivity contribution in [1.29, 1.82) is 0 Å². The van der Waals surface area contributed by atoms with E-state index < -0.39 is 41.9 Å². The molecule has 7 heterocycles. The van der Waals surface area contributed by atoms with Gasteiger partial charge in [0.25, 0.3) is 11.8 Å². The maximum atomic E-state index is 16.0. The van der Waals surface area contributed by atoms with Crippen molar-refractivity contribution in [3.8, 4) is 11.1 Å². The third-order valence-corrected chi connectivity index (χ3v) is 14.3. The number of piperazine rings is 1. The number of imide groups is 1. The number of likely N-dealkylation sites (tertiary alicyclic amines) is 1. The van der Waals surface area contributed by atoms with E-state index in [0.29, 0.717) is 66.8 Å². The predicted molar refractivity (Wildman–Crippen MR) is 240 cm³/mol. The van der Waals surface area contributed by atoms with Gasteiger partial charge in [-0.2, -0.15) is 0 Å². The van der Waals surface area contributed by atoms with E-state index in [-0.39, 0.29) is 41.7 Å². The molecule has 0 spiro atoms. The quantitative estimate of drug-likeness (QED) is 0.123. The molecule has 0 bridgehead atoms. The summed E-state index contributed by atoms with van der Waals surface area (Å²) in [5, 5.41) is 21.6. The number of amides is 4. The van der Waals surface area contributed by atoms with Crippen molar-refractivity contribution in [2.75, 3.05) is 61.3 Å². The molecular weight excluding hydrogens is 855 g/mol. The first-order valence-electron chi connectivity index (χ1n) is 22.3. The van der Waals surface area contributed by atoms with E-state index >= 15 is 8.78 Å². The molecule has 0 saturated carbocycles. The second-order valence-corrected chi connectivity index (χ2v) is 18.4. The van der Waals surface area contributed by atoms with Crippen molar-refractivity contribution in [2.45, 2.75) is 75.8 Å². The number of benzene rings is 3. The van der Waals surface area contributed by atoms with Crippen LogP contribution in [-0.2, 0) is 33.9 Å². The Kier molecular flexibility index (Phi) is 11.9. The Morgan fingerprint density at radius 1 is 0.892 bits per heavy atom. The van der Waals surface area contributed by atoms with Crippen LogP contribution >= 0.6 is 11.3 Å². The largest absolute Gasteiger partial charge is 0.377 e. The lowest BCUT2D eigenvalue weighted by Crippen LogP contribution is -2.54. The van der Waals surface area contributed by atoms with Crippen LogP contribution in [0.2, 0.25) is 0 Å². The molecule has 338 valence electrons. The van der Waals surface area contributed by atoms with Crippen molar-refractivity contribution >= 4 is 51.5 Å². The summed E-state index contributed by atoms with van der Waals surface area (Å²) in [4.78, 5) is 68.4. The van der Waals surface area contributed by atoms with E-state index in [9.17, 15) is 24.3 Å². The summed E-state index contributed by atoms with van der Waals surface area (Å²) in [7, 11) is 0. The summed E-state index contributed by atoms with van der Waals surface area (Å²) in [5.74, 6) is -2.33. The molecule has 65 heavy (non-hydrogen) atoms. The minimum Gasteiger partial charge on any atom is -0.377 e. The molecule has 5 aliphatic rings. The van der Waals surface area contributed by atoms with Crippen LogP contribution in [0.4, 0.5) is 25.3 Å². The van der Waals surface area contributed by atoms with Gasteiger partial charge in [-0.1, -0.05) is 18.2 Å². The fourth-order valence-corrected chi connectivity index (χ4v) is 10.6. The maximum Gasteiger partial charge on any atom is 0.255 e. The molecule has 0 radical (unpaired) electrons. The molecule has 3 aromatic carbocycles. The zero-order valence-corrected chi connectivity index (χ0v) is 36.5. The van der Waals surface area contributed by atoms with Gasteiger partial charge in [0.1, 0.15) is 23.9 Å². The number of imidazole rings is 1. The molecule has 2 aromatic heterocycles. The van der Waals surface area contributed by atoms with E-state index in [1.165, 1.54) is 28.4 Å². The van der Waals surface area contributed by atoms with Crippen LogP contribution < -0.4 is 20.9 Å². The molecule has 0 aliphatic carbocycles. The van der Waals surface area contributed by atoms with Crippen LogP contribution in [0.1, 0.15) is 76.9 Å². The number of β-amino-alcohol motifs (C(OH)–C–C–N with tert-alkyl or cyclic N) is 1. The molecule has 10 rings (SSSR count). The maximum absolute atomic E-state index is 16.0. The van der Waals surface area contributed by atoms with E-state index in [1.54, 1.807) is 36.1 Å². The summed E-state index contributed by atoms with van der Waals surface area (Å²) >= 11 is 1.27. The summed E-state index contributed by atoms with van der Waals surface area (Å²) in [6.07, 6.45) is 6.45. The van der Waals surface area contributed by atoms with Crippen molar-refractivity contribution in [2.24, 2.45) is 0 Å². The van der Waals surface area contributed by atoms with Crippen LogP contribution in [0.15, 0.2) is 72.5 Å². The third kappa shape index (κ3) is 8.74. The van der Waals surface area contributed by atoms with Gasteiger partial charge in [-0.05, 0) is 104 Å². The molecule has 5 aromatic rings. The van der Waals surface area contributed by atoms with Gasteiger partial charge in [0.15, 0.2) is 11.2 Å². The van der Waals surface area contributed by atoms with E-state index in [4.69, 9.17) is 0 Å². The van der Waals surface area contributed by atoms with Crippen LogP contribution in [0, 0.1) is 11.6 Å². The third-order valence-electron chi connectivity index (χ3n) is 13.6. The Labute approximate surface area is 378 Å². The molecule has 5 aliphatic heterocycles. The standard InChI is InChI=1S/C47H50F2N10O5S/c48-36-23-30(22-34-35(36)25-59(46(34)64)43(45(63)54-47-50-13-21-65-47)42-39-2-1-14-58(39)27-51-42)28-3-6-32(7-4-28)56-17-19-57(20-18-56)41(61)26-55-15-11-29(12-16-55)33-8-5-31(24-37(33)49)52-38-9-10-40(60)53-44(38)62/h3-8,13,21-24,27,29,38,41,43,52,61H,1-2,9-12,14-20,25-26H2,(H,50,54,63)(H,53,60,62)/t38-,41?,43?/m0/s1. The lowest BCUT2D eigenvalue weighted by Gasteiger charge is -2.41. The number of aromatic nitrogens is 3. The fourth-order valence-electron chi connectivity index (χ4n) is 10.1. The number of nitrogens with one attached hydrogen (secondary N) is 3. The summed E-state index contributed by atoms with van der Waals surface area (Å²) < 4.78 is 33.2. The lowest BCUT2D eigenvalue weighted by molar-refractivity contribution is -0.133. The number of hydrogen-bond donors (Lipinski definition) is 4. The molecule has 3 saturated heterocycles. The number of carbonyl (C=O) groups is 4. The van der Waals surface area contributed by atoms with Crippen LogP contribution in [0.25, 0.3) is 11.1 Å². The first-order chi connectivity index (χ1) is 31.6. The molecular formula is C47H50F2N10O5S. The van der Waals surface area contributed by atoms with Gasteiger partial charge in [-0.15, -0.1) is 11.3 Å². The van der Waals surface area contributed by atoms with Gasteiger partial charge in [0.05, 0.1) is 18.6 Å². The van der Waals surface area contributed by atoms with Gasteiger partial charge < -0.3 is 24.8 Å². The average molecular weight is 905 g/mol. The molecule has 15 nitrogen and oxygen atoms in total. The second kappa shape index (κ2) is 18.1. The molecule has 3 atom stereocenters. The Hall–Kier alpha value is -6.08. The number of hydrogen-bond acceptors (Lipinski definition) is 12. The number of piperidine rings is 2. The SMILES string of the molecule is O=C1CC[C@H](Nc2ccc(C3CCN(CC(O)N4CCN(c5ccc(-c6cc(F)c7c(c6)C(=O)N(C(C(=O)Nc6nccs6)c6ncn8c6CCC8)C7)cc5)CC4)CC3)c(F)c2)C(=O)N1. The van der Waals surface area contributed by atoms with Gasteiger partial charge in [0.2, 0.25) is 11.8 Å². The van der Waals surface area contributed by atoms with Crippen molar-refractivity contribution in [3.63, 3.8) is 0 Å². The number of aliphatic hydroxyl groups excluding tert-OH is 1. The summed E-state index contributed by atoms with van der Waals surface area (Å²) in [5.41, 5.74) is 5.37. The minimum absolute atomic E-state index is 0.0543. The zero-order chi connectivity index (χ0) is 44.8. The first kappa shape index (κ1) is 42.8. The second-order valence-electron chi connectivity index (χ2n) is 17.5. The zero-order valence-electron chi connectivity index (χ0n) is 35.7. The highest BCUT2D eigenvalue weighted by Crippen LogP contribution is 2.39. The van der Waals surface area contributed by atoms with Crippen molar-refractivity contribution in [3.05, 3.63) is 112 Å². The highest BCUT2D eigenvalue weighted by Gasteiger charge is 2.42. The van der Waals surface area contributed by atoms with Gasteiger partial charge in [-0.3, -0.25) is 39.6 Å². The van der Waals surface area contributed by atoms with E-state index in [0.717, 1.165) is 62.3 Å². The van der Waals surface area contributed by atoms with Crippen LogP contribution in [0.3, 0.4) is 0 Å². The summed E-state index contributed by atoms with van der Waals surface area (Å²) in [6.45, 7) is 5.46. The highest BCUT2D eigenvalue weighted by molar-refractivity contribution is 7.13. The monoisotopic (exact) mass is 904 g/mol. The van der Waals surface area contributed by atoms with Gasteiger partial charge in [-0.25, -0.2) is 18.7 Å². The number of aliphatic hydroxyl groups is 1. The molecule has 2 unspecified atom stereocenters. The topological polar surface area (TPSA) is 168 Å². The molecule has 4 amide bonds. The van der Waals surface area contributed by atoms with Crippen molar-refractivity contribution < 1.29 is 33.1 Å². The van der Waals surface area contributed by atoms with Gasteiger partial charge >= 0.3 is 0 Å². The first-order valence-corrected chi connectivity index (χ1v) is 23.2. The predicted octanol–water partition coefficient (Wildman–Crippen LogP) is 5.10. The Morgan fingerprint density at radius 2 is 1.69 bits per heavy atom. The Bertz CT molecular complexity index is 2610. The number of fused-ring (bicyclic) bond motifs is 2. The summed E-state index contributed by atoms with van der Waals surface area (Å²) in [6, 6.07) is 14.4. The minimum atomic E-state index is -1.06. The number of thiazole rings is 1. The molecule has 4 N–H and O–H groups in total. The Balaban J connectivity index is 0.724. The average Bonchev–Trinajstić information content (AvgIpc) is 4.13. The number of aryl methyl sites for hydroxylation is 1. The number of rotatable bonds is 12. The smallest absolute Gasteiger partial charge is 0.255 e. The molecule has 3 fully saturated rings. The van der Waals surface area contributed by atoms with Gasteiger partial charge in [0, 0.05) is 85.5 Å².